The van der Waals surface area contributed by atoms with Crippen molar-refractivity contribution in [3.05, 3.63) is 34.9 Å². The van der Waals surface area contributed by atoms with Gasteiger partial charge in [-0.15, -0.1) is 0 Å². The number of hydrogen-bond acceptors (Lipinski definition) is 1. The molecule has 0 heterocycles. The molecule has 0 radical (unpaired) electrons. The Labute approximate surface area is 118 Å². The minimum absolute atomic E-state index is 0.226. The third-order valence-corrected chi connectivity index (χ3v) is 4.72. The van der Waals surface area contributed by atoms with Crippen LogP contribution in [0.5, 0.6) is 0 Å². The van der Waals surface area contributed by atoms with Crippen LogP contribution in [0.3, 0.4) is 0 Å². The molecular formula is C18H29N. The Morgan fingerprint density at radius 1 is 1.11 bits per heavy atom. The lowest BCUT2D eigenvalue weighted by Gasteiger charge is -2.25. The Bertz CT molecular complexity index is 397. The molecular weight excluding hydrogens is 230 g/mol. The standard InChI is InChI=1S/C18H29N/c1-3-5-8-14(4-2)18(19)17-12-11-15-9-6-7-10-16(15)13-17/h11-14,18H,3-10,19H2,1-2H3. The molecule has 0 amide bonds. The van der Waals surface area contributed by atoms with E-state index in [1.54, 1.807) is 11.1 Å². The van der Waals surface area contributed by atoms with Gasteiger partial charge in [0, 0.05) is 6.04 Å². The Morgan fingerprint density at radius 3 is 2.53 bits per heavy atom. The Hall–Kier alpha value is -0.820. The van der Waals surface area contributed by atoms with Crippen LogP contribution in [0.15, 0.2) is 18.2 Å². The number of nitrogens with two attached hydrogens (primary N) is 1. The maximum atomic E-state index is 6.52. The fourth-order valence-electron chi connectivity index (χ4n) is 3.34. The first kappa shape index (κ1) is 14.6. The first-order valence-electron chi connectivity index (χ1n) is 8.13. The second-order valence-electron chi connectivity index (χ2n) is 6.07. The minimum atomic E-state index is 0.226. The van der Waals surface area contributed by atoms with Gasteiger partial charge in [0.15, 0.2) is 0 Å². The number of fused-ring (bicyclic) bond motifs is 1. The minimum Gasteiger partial charge on any atom is -0.324 e. The summed E-state index contributed by atoms with van der Waals surface area (Å²) in [5.41, 5.74) is 11.0. The molecule has 2 N–H and O–H groups in total. The molecule has 0 spiro atoms. The van der Waals surface area contributed by atoms with Crippen LogP contribution in [0.2, 0.25) is 0 Å². The molecule has 2 unspecified atom stereocenters. The number of aryl methyl sites for hydroxylation is 2. The predicted molar refractivity (Wildman–Crippen MR) is 83.3 cm³/mol. The van der Waals surface area contributed by atoms with Gasteiger partial charge in [0.2, 0.25) is 0 Å². The zero-order valence-corrected chi connectivity index (χ0v) is 12.6. The number of benzene rings is 1. The first-order valence-corrected chi connectivity index (χ1v) is 8.13. The van der Waals surface area contributed by atoms with Crippen molar-refractivity contribution in [3.8, 4) is 0 Å². The molecule has 2 atom stereocenters. The van der Waals surface area contributed by atoms with Gasteiger partial charge in [0.25, 0.3) is 0 Å². The molecule has 1 aliphatic rings. The Kier molecular flexibility index (Phi) is 5.45. The van der Waals surface area contributed by atoms with Crippen LogP contribution in [-0.4, -0.2) is 0 Å². The monoisotopic (exact) mass is 259 g/mol. The summed E-state index contributed by atoms with van der Waals surface area (Å²) < 4.78 is 0. The fraction of sp³-hybridized carbons (Fsp3) is 0.667. The molecule has 0 aromatic heterocycles. The highest BCUT2D eigenvalue weighted by atomic mass is 14.6. The summed E-state index contributed by atoms with van der Waals surface area (Å²) in [6.07, 6.45) is 10.2. The highest BCUT2D eigenvalue weighted by Gasteiger charge is 2.19. The SMILES string of the molecule is CCCCC(CC)C(N)c1ccc2c(c1)CCCC2. The molecule has 0 saturated heterocycles. The zero-order chi connectivity index (χ0) is 13.7. The van der Waals surface area contributed by atoms with Crippen molar-refractivity contribution in [3.63, 3.8) is 0 Å². The molecule has 2 rings (SSSR count). The average molecular weight is 259 g/mol. The van der Waals surface area contributed by atoms with Crippen LogP contribution in [0.25, 0.3) is 0 Å². The lowest BCUT2D eigenvalue weighted by Crippen LogP contribution is -2.21. The summed E-state index contributed by atoms with van der Waals surface area (Å²) in [6, 6.07) is 7.23. The molecule has 1 aliphatic carbocycles. The molecule has 0 aliphatic heterocycles. The molecule has 1 aromatic carbocycles. The van der Waals surface area contributed by atoms with Crippen molar-refractivity contribution < 1.29 is 0 Å². The van der Waals surface area contributed by atoms with E-state index in [4.69, 9.17) is 5.73 Å². The molecule has 0 saturated carbocycles. The van der Waals surface area contributed by atoms with Gasteiger partial charge in [-0.25, -0.2) is 0 Å². The molecule has 1 nitrogen and oxygen atoms in total. The molecule has 106 valence electrons. The van der Waals surface area contributed by atoms with Crippen LogP contribution >= 0.6 is 0 Å². The summed E-state index contributed by atoms with van der Waals surface area (Å²) in [5, 5.41) is 0. The van der Waals surface area contributed by atoms with Gasteiger partial charge < -0.3 is 5.73 Å². The quantitative estimate of drug-likeness (QED) is 0.781. The summed E-state index contributed by atoms with van der Waals surface area (Å²) in [7, 11) is 0. The molecule has 0 fully saturated rings. The Balaban J connectivity index is 2.11. The van der Waals surface area contributed by atoms with Crippen molar-refractivity contribution in [1.29, 1.82) is 0 Å². The van der Waals surface area contributed by atoms with Crippen molar-refractivity contribution in [1.82, 2.24) is 0 Å². The highest BCUT2D eigenvalue weighted by molar-refractivity contribution is 5.35. The fourth-order valence-corrected chi connectivity index (χ4v) is 3.34. The third-order valence-electron chi connectivity index (χ3n) is 4.72. The first-order chi connectivity index (χ1) is 9.26. The summed E-state index contributed by atoms with van der Waals surface area (Å²) in [5.74, 6) is 0.640. The van der Waals surface area contributed by atoms with Gasteiger partial charge in [-0.1, -0.05) is 51.3 Å². The molecule has 1 aromatic rings. The van der Waals surface area contributed by atoms with Crippen molar-refractivity contribution in [2.75, 3.05) is 0 Å². The van der Waals surface area contributed by atoms with E-state index in [2.05, 4.69) is 32.0 Å². The maximum Gasteiger partial charge on any atom is 0.0323 e. The lowest BCUT2D eigenvalue weighted by atomic mass is 9.84. The van der Waals surface area contributed by atoms with Crippen LogP contribution in [0, 0.1) is 5.92 Å². The van der Waals surface area contributed by atoms with Gasteiger partial charge in [-0.2, -0.15) is 0 Å². The van der Waals surface area contributed by atoms with Crippen LogP contribution < -0.4 is 5.73 Å². The second-order valence-corrected chi connectivity index (χ2v) is 6.07. The van der Waals surface area contributed by atoms with Gasteiger partial charge in [0.1, 0.15) is 0 Å². The van der Waals surface area contributed by atoms with E-state index in [1.165, 1.54) is 56.9 Å². The van der Waals surface area contributed by atoms with E-state index in [0.717, 1.165) is 0 Å². The van der Waals surface area contributed by atoms with Crippen molar-refractivity contribution >= 4 is 0 Å². The van der Waals surface area contributed by atoms with Crippen LogP contribution in [-0.2, 0) is 12.8 Å². The number of rotatable bonds is 6. The van der Waals surface area contributed by atoms with Crippen LogP contribution in [0.1, 0.15) is 75.1 Å². The van der Waals surface area contributed by atoms with E-state index in [0.29, 0.717) is 5.92 Å². The summed E-state index contributed by atoms with van der Waals surface area (Å²) in [4.78, 5) is 0. The lowest BCUT2D eigenvalue weighted by molar-refractivity contribution is 0.378. The normalized spacial score (nSPS) is 17.8. The third kappa shape index (κ3) is 3.60. The maximum absolute atomic E-state index is 6.52. The smallest absolute Gasteiger partial charge is 0.0323 e. The van der Waals surface area contributed by atoms with E-state index in [-0.39, 0.29) is 6.04 Å². The molecule has 0 bridgehead atoms. The highest BCUT2D eigenvalue weighted by Crippen LogP contribution is 2.30. The molecule has 19 heavy (non-hydrogen) atoms. The van der Waals surface area contributed by atoms with E-state index in [9.17, 15) is 0 Å². The number of unbranched alkanes of at least 4 members (excludes halogenated alkanes) is 1. The summed E-state index contributed by atoms with van der Waals surface area (Å²) >= 11 is 0. The average Bonchev–Trinajstić information content (AvgIpc) is 2.47. The molecule has 1 heteroatoms. The van der Waals surface area contributed by atoms with Gasteiger partial charge in [0.05, 0.1) is 0 Å². The van der Waals surface area contributed by atoms with Crippen molar-refractivity contribution in [2.45, 2.75) is 71.3 Å². The second kappa shape index (κ2) is 7.09. The largest absolute Gasteiger partial charge is 0.324 e. The van der Waals surface area contributed by atoms with Gasteiger partial charge >= 0.3 is 0 Å². The predicted octanol–water partition coefficient (Wildman–Crippen LogP) is 4.78. The van der Waals surface area contributed by atoms with E-state index >= 15 is 0 Å². The van der Waals surface area contributed by atoms with Gasteiger partial charge in [-0.05, 0) is 54.7 Å². The van der Waals surface area contributed by atoms with Crippen molar-refractivity contribution in [2.24, 2.45) is 11.7 Å². The van der Waals surface area contributed by atoms with Gasteiger partial charge in [-0.3, -0.25) is 0 Å². The zero-order valence-electron chi connectivity index (χ0n) is 12.6. The van der Waals surface area contributed by atoms with E-state index in [1.807, 2.05) is 0 Å². The topological polar surface area (TPSA) is 26.0 Å². The number of hydrogen-bond donors (Lipinski definition) is 1. The Morgan fingerprint density at radius 2 is 1.84 bits per heavy atom. The summed E-state index contributed by atoms with van der Waals surface area (Å²) in [6.45, 7) is 4.54. The van der Waals surface area contributed by atoms with E-state index < -0.39 is 0 Å². The van der Waals surface area contributed by atoms with Crippen LogP contribution in [0.4, 0.5) is 0 Å².